The minimum absolute atomic E-state index is 0.0188. The average molecular weight is 293 g/mol. The number of hydrogen-bond acceptors (Lipinski definition) is 3. The average Bonchev–Trinajstić information content (AvgIpc) is 2.83. The van der Waals surface area contributed by atoms with Gasteiger partial charge < -0.3 is 10.4 Å². The third-order valence-corrected chi connectivity index (χ3v) is 5.55. The SMILES string of the molecule is O=C(O)CC1(NC(=O)C2CCCc3sccc32)CCC1. The number of carbonyl (C=O) groups excluding carboxylic acids is 1. The van der Waals surface area contributed by atoms with E-state index in [0.29, 0.717) is 0 Å². The van der Waals surface area contributed by atoms with Gasteiger partial charge in [-0.05, 0) is 55.5 Å². The molecule has 2 aliphatic carbocycles. The first-order valence-electron chi connectivity index (χ1n) is 7.20. The summed E-state index contributed by atoms with van der Waals surface area (Å²) in [6.07, 6.45) is 5.60. The molecular weight excluding hydrogens is 274 g/mol. The number of hydrogen-bond donors (Lipinski definition) is 2. The molecule has 0 aromatic carbocycles. The van der Waals surface area contributed by atoms with Gasteiger partial charge in [0.25, 0.3) is 0 Å². The fourth-order valence-electron chi connectivity index (χ4n) is 3.35. The van der Waals surface area contributed by atoms with Gasteiger partial charge in [-0.1, -0.05) is 0 Å². The van der Waals surface area contributed by atoms with E-state index in [-0.39, 0.29) is 18.2 Å². The number of aliphatic carboxylic acids is 1. The van der Waals surface area contributed by atoms with Crippen molar-refractivity contribution in [1.29, 1.82) is 0 Å². The van der Waals surface area contributed by atoms with Gasteiger partial charge in [0, 0.05) is 4.88 Å². The second-order valence-corrected chi connectivity index (χ2v) is 6.94. The van der Waals surface area contributed by atoms with Gasteiger partial charge in [0.15, 0.2) is 0 Å². The van der Waals surface area contributed by atoms with Gasteiger partial charge in [-0.2, -0.15) is 0 Å². The maximum Gasteiger partial charge on any atom is 0.305 e. The Morgan fingerprint density at radius 1 is 1.40 bits per heavy atom. The Hall–Kier alpha value is -1.36. The number of nitrogens with one attached hydrogen (secondary N) is 1. The summed E-state index contributed by atoms with van der Waals surface area (Å²) in [5, 5.41) is 14.1. The molecule has 1 atom stereocenters. The van der Waals surface area contributed by atoms with Gasteiger partial charge in [0.2, 0.25) is 5.91 Å². The summed E-state index contributed by atoms with van der Waals surface area (Å²) in [4.78, 5) is 24.8. The Morgan fingerprint density at radius 3 is 2.85 bits per heavy atom. The fourth-order valence-corrected chi connectivity index (χ4v) is 4.33. The van der Waals surface area contributed by atoms with Crippen LogP contribution in [0.2, 0.25) is 0 Å². The Kier molecular flexibility index (Phi) is 3.54. The van der Waals surface area contributed by atoms with Crippen LogP contribution in [0.5, 0.6) is 0 Å². The normalized spacial score (nSPS) is 23.5. The Bertz CT molecular complexity index is 533. The predicted octanol–water partition coefficient (Wildman–Crippen LogP) is 2.68. The Balaban J connectivity index is 1.73. The zero-order valence-electron chi connectivity index (χ0n) is 11.4. The highest BCUT2D eigenvalue weighted by Crippen LogP contribution is 2.38. The van der Waals surface area contributed by atoms with E-state index >= 15 is 0 Å². The Morgan fingerprint density at radius 2 is 2.20 bits per heavy atom. The van der Waals surface area contributed by atoms with E-state index in [2.05, 4.69) is 5.32 Å². The van der Waals surface area contributed by atoms with Crippen molar-refractivity contribution in [3.63, 3.8) is 0 Å². The first kappa shape index (κ1) is 13.6. The van der Waals surface area contributed by atoms with Gasteiger partial charge >= 0.3 is 5.97 Å². The molecule has 20 heavy (non-hydrogen) atoms. The van der Waals surface area contributed by atoms with E-state index in [1.807, 2.05) is 11.4 Å². The molecule has 4 nitrogen and oxygen atoms in total. The third-order valence-electron chi connectivity index (χ3n) is 4.56. The molecule has 1 aromatic heterocycles. The molecule has 108 valence electrons. The van der Waals surface area contributed by atoms with Crippen LogP contribution in [0.25, 0.3) is 0 Å². The lowest BCUT2D eigenvalue weighted by atomic mass is 9.73. The van der Waals surface area contributed by atoms with Crippen molar-refractivity contribution in [2.45, 2.75) is 56.4 Å². The van der Waals surface area contributed by atoms with Crippen molar-refractivity contribution < 1.29 is 14.7 Å². The number of rotatable bonds is 4. The van der Waals surface area contributed by atoms with E-state index in [1.165, 1.54) is 4.88 Å². The van der Waals surface area contributed by atoms with E-state index < -0.39 is 11.5 Å². The summed E-state index contributed by atoms with van der Waals surface area (Å²) in [6, 6.07) is 2.05. The summed E-state index contributed by atoms with van der Waals surface area (Å²) < 4.78 is 0. The molecule has 0 spiro atoms. The number of thiophene rings is 1. The van der Waals surface area contributed by atoms with Crippen LogP contribution in [0, 0.1) is 0 Å². The quantitative estimate of drug-likeness (QED) is 0.897. The molecular formula is C15H19NO3S. The summed E-state index contributed by atoms with van der Waals surface area (Å²) in [7, 11) is 0. The highest BCUT2D eigenvalue weighted by molar-refractivity contribution is 7.10. The van der Waals surface area contributed by atoms with E-state index in [1.54, 1.807) is 11.3 Å². The highest BCUT2D eigenvalue weighted by Gasteiger charge is 2.42. The first-order valence-corrected chi connectivity index (χ1v) is 8.08. The maximum atomic E-state index is 12.5. The van der Waals surface area contributed by atoms with E-state index in [0.717, 1.165) is 44.1 Å². The molecule has 2 N–H and O–H groups in total. The van der Waals surface area contributed by atoms with Crippen molar-refractivity contribution in [3.05, 3.63) is 21.9 Å². The smallest absolute Gasteiger partial charge is 0.305 e. The predicted molar refractivity (Wildman–Crippen MR) is 77.0 cm³/mol. The van der Waals surface area contributed by atoms with Gasteiger partial charge in [0.1, 0.15) is 0 Å². The van der Waals surface area contributed by atoms with Gasteiger partial charge in [-0.3, -0.25) is 9.59 Å². The minimum Gasteiger partial charge on any atom is -0.481 e. The highest BCUT2D eigenvalue weighted by atomic mass is 32.1. The molecule has 0 saturated heterocycles. The molecule has 1 saturated carbocycles. The third kappa shape index (κ3) is 2.46. The molecule has 0 radical (unpaired) electrons. The van der Waals surface area contributed by atoms with E-state index in [9.17, 15) is 9.59 Å². The second kappa shape index (κ2) is 5.20. The zero-order chi connectivity index (χ0) is 14.2. The monoisotopic (exact) mass is 293 g/mol. The molecule has 1 heterocycles. The first-order chi connectivity index (χ1) is 9.60. The van der Waals surface area contributed by atoms with Crippen LogP contribution in [0.1, 0.15) is 54.9 Å². The molecule has 1 aromatic rings. The molecule has 1 amide bonds. The Labute approximate surface area is 122 Å². The fraction of sp³-hybridized carbons (Fsp3) is 0.600. The number of fused-ring (bicyclic) bond motifs is 1. The summed E-state index contributed by atoms with van der Waals surface area (Å²) in [5.41, 5.74) is 0.667. The van der Waals surface area contributed by atoms with Crippen LogP contribution in [-0.4, -0.2) is 22.5 Å². The van der Waals surface area contributed by atoms with E-state index in [4.69, 9.17) is 5.11 Å². The molecule has 0 bridgehead atoms. The van der Waals surface area contributed by atoms with Crippen LogP contribution >= 0.6 is 11.3 Å². The lowest BCUT2D eigenvalue weighted by Gasteiger charge is -2.42. The van der Waals surface area contributed by atoms with Gasteiger partial charge in [0.05, 0.1) is 17.9 Å². The van der Waals surface area contributed by atoms with Crippen LogP contribution in [0.3, 0.4) is 0 Å². The molecule has 1 fully saturated rings. The van der Waals surface area contributed by atoms with Gasteiger partial charge in [-0.25, -0.2) is 0 Å². The molecule has 1 unspecified atom stereocenters. The zero-order valence-corrected chi connectivity index (χ0v) is 12.2. The lowest BCUT2D eigenvalue weighted by Crippen LogP contribution is -2.55. The lowest BCUT2D eigenvalue weighted by molar-refractivity contribution is -0.140. The molecule has 5 heteroatoms. The number of carbonyl (C=O) groups is 2. The molecule has 2 aliphatic rings. The number of carboxylic acids is 1. The topological polar surface area (TPSA) is 66.4 Å². The number of aryl methyl sites for hydroxylation is 1. The van der Waals surface area contributed by atoms with Crippen LogP contribution in [-0.2, 0) is 16.0 Å². The van der Waals surface area contributed by atoms with Crippen molar-refractivity contribution in [3.8, 4) is 0 Å². The summed E-state index contributed by atoms with van der Waals surface area (Å²) >= 11 is 1.72. The largest absolute Gasteiger partial charge is 0.481 e. The number of carboxylic acid groups (broad SMARTS) is 1. The molecule has 0 aliphatic heterocycles. The standard InChI is InChI=1S/C15H19NO3S/c17-13(18)9-15(6-2-7-15)16-14(19)11-3-1-4-12-10(11)5-8-20-12/h5,8,11H,1-4,6-7,9H2,(H,16,19)(H,17,18). The van der Waals surface area contributed by atoms with Crippen molar-refractivity contribution in [2.75, 3.05) is 0 Å². The van der Waals surface area contributed by atoms with Crippen molar-refractivity contribution in [2.24, 2.45) is 0 Å². The van der Waals surface area contributed by atoms with Gasteiger partial charge in [-0.15, -0.1) is 11.3 Å². The van der Waals surface area contributed by atoms with Crippen molar-refractivity contribution in [1.82, 2.24) is 5.32 Å². The summed E-state index contributed by atoms with van der Waals surface area (Å²) in [6.45, 7) is 0. The van der Waals surface area contributed by atoms with Crippen LogP contribution < -0.4 is 5.32 Å². The second-order valence-electron chi connectivity index (χ2n) is 5.94. The minimum atomic E-state index is -0.829. The summed E-state index contributed by atoms with van der Waals surface area (Å²) in [5.74, 6) is -0.897. The van der Waals surface area contributed by atoms with Crippen LogP contribution in [0.15, 0.2) is 11.4 Å². The van der Waals surface area contributed by atoms with Crippen molar-refractivity contribution >= 4 is 23.2 Å². The maximum absolute atomic E-state index is 12.5. The molecule has 3 rings (SSSR count). The number of amides is 1. The van der Waals surface area contributed by atoms with Crippen LogP contribution in [0.4, 0.5) is 0 Å².